The van der Waals surface area contributed by atoms with E-state index in [1.54, 1.807) is 0 Å². The molecule has 0 aromatic rings. The van der Waals surface area contributed by atoms with Gasteiger partial charge in [-0.05, 0) is 56.5 Å². The molecule has 2 bridgehead atoms. The quantitative estimate of drug-likeness (QED) is 0.382. The fourth-order valence-corrected chi connectivity index (χ4v) is 3.69. The van der Waals surface area contributed by atoms with Crippen molar-refractivity contribution in [1.82, 2.24) is 0 Å². The number of fused-ring (bicyclic) bond motifs is 2. The molecule has 2 aliphatic carbocycles. The van der Waals surface area contributed by atoms with Crippen LogP contribution in [0.5, 0.6) is 0 Å². The van der Waals surface area contributed by atoms with Crippen molar-refractivity contribution in [1.29, 1.82) is 0 Å². The zero-order valence-corrected chi connectivity index (χ0v) is 11.3. The minimum atomic E-state index is -0.763. The second kappa shape index (κ2) is 5.31. The Labute approximate surface area is 95.6 Å². The summed E-state index contributed by atoms with van der Waals surface area (Å²) in [7, 11) is -0.763. The molecule has 0 aromatic heterocycles. The summed E-state index contributed by atoms with van der Waals surface area (Å²) < 4.78 is 5.69. The molecule has 15 heavy (non-hydrogen) atoms. The summed E-state index contributed by atoms with van der Waals surface area (Å²) in [5, 5.41) is 0. The van der Waals surface area contributed by atoms with Gasteiger partial charge in [-0.25, -0.2) is 0 Å². The Morgan fingerprint density at radius 1 is 1.20 bits per heavy atom. The normalized spacial score (nSPS) is 33.1. The lowest BCUT2D eigenvalue weighted by Gasteiger charge is -2.17. The van der Waals surface area contributed by atoms with E-state index in [0.29, 0.717) is 0 Å². The summed E-state index contributed by atoms with van der Waals surface area (Å²) in [6.07, 6.45) is 11.9. The standard InChI is InChI=1S/C13H24OSi/c1-15(2)14-8-4-3-5-12-9-11-6-7-13(12)10-11/h6-7,11-13,15H,3-5,8-10H2,1-2H3. The van der Waals surface area contributed by atoms with Crippen LogP contribution in [0.4, 0.5) is 0 Å². The van der Waals surface area contributed by atoms with Crippen molar-refractivity contribution < 1.29 is 4.43 Å². The summed E-state index contributed by atoms with van der Waals surface area (Å²) in [6.45, 7) is 5.52. The summed E-state index contributed by atoms with van der Waals surface area (Å²) in [5.41, 5.74) is 0. The highest BCUT2D eigenvalue weighted by atomic mass is 28.3. The fraction of sp³-hybridized carbons (Fsp3) is 0.846. The highest BCUT2D eigenvalue weighted by Gasteiger charge is 2.34. The van der Waals surface area contributed by atoms with Crippen LogP contribution in [-0.4, -0.2) is 15.6 Å². The second-order valence-corrected chi connectivity index (χ2v) is 7.89. The second-order valence-electron chi connectivity index (χ2n) is 5.46. The first-order valence-corrected chi connectivity index (χ1v) is 9.33. The number of allylic oxidation sites excluding steroid dienone is 2. The SMILES string of the molecule is C[SiH](C)OCCCCC1CC2C=CC1C2. The lowest BCUT2D eigenvalue weighted by Crippen LogP contribution is -2.10. The third kappa shape index (κ3) is 3.18. The highest BCUT2D eigenvalue weighted by molar-refractivity contribution is 6.48. The molecule has 0 radical (unpaired) electrons. The molecular formula is C13H24OSi. The summed E-state index contributed by atoms with van der Waals surface area (Å²) in [6, 6.07) is 0. The van der Waals surface area contributed by atoms with E-state index in [1.807, 2.05) is 0 Å². The molecule has 0 saturated heterocycles. The maximum absolute atomic E-state index is 5.69. The molecule has 0 heterocycles. The molecule has 0 aliphatic heterocycles. The molecule has 86 valence electrons. The van der Waals surface area contributed by atoms with Crippen molar-refractivity contribution in [2.75, 3.05) is 6.61 Å². The maximum Gasteiger partial charge on any atom is 0.170 e. The Morgan fingerprint density at radius 3 is 2.67 bits per heavy atom. The Hall–Kier alpha value is -0.0831. The van der Waals surface area contributed by atoms with Gasteiger partial charge >= 0.3 is 0 Å². The average Bonchev–Trinajstić information content (AvgIpc) is 2.78. The van der Waals surface area contributed by atoms with Gasteiger partial charge in [0, 0.05) is 6.61 Å². The topological polar surface area (TPSA) is 9.23 Å². The van der Waals surface area contributed by atoms with Crippen LogP contribution >= 0.6 is 0 Å². The lowest BCUT2D eigenvalue weighted by molar-refractivity contribution is 0.300. The van der Waals surface area contributed by atoms with Gasteiger partial charge in [0.1, 0.15) is 0 Å². The monoisotopic (exact) mass is 224 g/mol. The molecule has 0 spiro atoms. The number of rotatable bonds is 6. The van der Waals surface area contributed by atoms with E-state index in [-0.39, 0.29) is 0 Å². The Morgan fingerprint density at radius 2 is 2.07 bits per heavy atom. The van der Waals surface area contributed by atoms with Gasteiger partial charge < -0.3 is 4.43 Å². The maximum atomic E-state index is 5.69. The van der Waals surface area contributed by atoms with Gasteiger partial charge in [0.05, 0.1) is 0 Å². The molecule has 2 heteroatoms. The average molecular weight is 224 g/mol. The van der Waals surface area contributed by atoms with Crippen LogP contribution in [0.25, 0.3) is 0 Å². The van der Waals surface area contributed by atoms with Crippen molar-refractivity contribution in [2.24, 2.45) is 17.8 Å². The first kappa shape index (κ1) is 11.4. The van der Waals surface area contributed by atoms with E-state index >= 15 is 0 Å². The van der Waals surface area contributed by atoms with Crippen LogP contribution in [-0.2, 0) is 4.43 Å². The molecule has 0 aromatic carbocycles. The van der Waals surface area contributed by atoms with Crippen LogP contribution in [0.3, 0.4) is 0 Å². The zero-order valence-electron chi connectivity index (χ0n) is 10.1. The van der Waals surface area contributed by atoms with Crippen LogP contribution in [0.1, 0.15) is 32.1 Å². The van der Waals surface area contributed by atoms with Gasteiger partial charge in [-0.2, -0.15) is 0 Å². The fourth-order valence-electron chi connectivity index (χ4n) is 3.05. The van der Waals surface area contributed by atoms with E-state index in [0.717, 1.165) is 24.4 Å². The number of hydrogen-bond donors (Lipinski definition) is 0. The smallest absolute Gasteiger partial charge is 0.170 e. The molecule has 3 atom stereocenters. The van der Waals surface area contributed by atoms with Gasteiger partial charge in [-0.1, -0.05) is 18.6 Å². The van der Waals surface area contributed by atoms with Crippen LogP contribution in [0, 0.1) is 17.8 Å². The van der Waals surface area contributed by atoms with Gasteiger partial charge in [0.2, 0.25) is 0 Å². The zero-order chi connectivity index (χ0) is 10.7. The van der Waals surface area contributed by atoms with Crippen molar-refractivity contribution in [2.45, 2.75) is 45.2 Å². The Bertz CT molecular complexity index is 225. The van der Waals surface area contributed by atoms with Crippen molar-refractivity contribution in [3.63, 3.8) is 0 Å². The van der Waals surface area contributed by atoms with E-state index in [2.05, 4.69) is 25.2 Å². The van der Waals surface area contributed by atoms with Gasteiger partial charge in [0.25, 0.3) is 0 Å². The minimum Gasteiger partial charge on any atom is -0.421 e. The third-order valence-corrected chi connectivity index (χ3v) is 4.74. The highest BCUT2D eigenvalue weighted by Crippen LogP contribution is 2.45. The minimum absolute atomic E-state index is 0.763. The first-order chi connectivity index (χ1) is 7.25. The Kier molecular flexibility index (Phi) is 4.03. The van der Waals surface area contributed by atoms with Crippen molar-refractivity contribution in [3.8, 4) is 0 Å². The molecule has 1 saturated carbocycles. The van der Waals surface area contributed by atoms with Crippen LogP contribution in [0.2, 0.25) is 13.1 Å². The van der Waals surface area contributed by atoms with E-state index in [4.69, 9.17) is 4.43 Å². The van der Waals surface area contributed by atoms with Crippen molar-refractivity contribution in [3.05, 3.63) is 12.2 Å². The Balaban J connectivity index is 1.54. The molecule has 2 rings (SSSR count). The molecular weight excluding hydrogens is 200 g/mol. The van der Waals surface area contributed by atoms with Crippen LogP contribution < -0.4 is 0 Å². The largest absolute Gasteiger partial charge is 0.421 e. The summed E-state index contributed by atoms with van der Waals surface area (Å²) >= 11 is 0. The van der Waals surface area contributed by atoms with Crippen LogP contribution in [0.15, 0.2) is 12.2 Å². The van der Waals surface area contributed by atoms with Gasteiger partial charge in [0.15, 0.2) is 9.04 Å². The summed E-state index contributed by atoms with van der Waals surface area (Å²) in [5.74, 6) is 2.89. The first-order valence-electron chi connectivity index (χ1n) is 6.55. The molecule has 3 unspecified atom stereocenters. The molecule has 1 nitrogen and oxygen atoms in total. The molecule has 0 amide bonds. The molecule has 2 aliphatic rings. The molecule has 1 fully saturated rings. The summed E-state index contributed by atoms with van der Waals surface area (Å²) in [4.78, 5) is 0. The number of unbranched alkanes of at least 4 members (excludes halogenated alkanes) is 1. The molecule has 0 N–H and O–H groups in total. The predicted molar refractivity (Wildman–Crippen MR) is 67.5 cm³/mol. The van der Waals surface area contributed by atoms with E-state index in [9.17, 15) is 0 Å². The van der Waals surface area contributed by atoms with Gasteiger partial charge in [-0.3, -0.25) is 0 Å². The third-order valence-electron chi connectivity index (χ3n) is 3.84. The lowest BCUT2D eigenvalue weighted by atomic mass is 9.89. The van der Waals surface area contributed by atoms with E-state index in [1.165, 1.54) is 32.1 Å². The van der Waals surface area contributed by atoms with Gasteiger partial charge in [-0.15, -0.1) is 0 Å². The van der Waals surface area contributed by atoms with E-state index < -0.39 is 9.04 Å². The number of hydrogen-bond acceptors (Lipinski definition) is 1. The van der Waals surface area contributed by atoms with Crippen molar-refractivity contribution >= 4 is 9.04 Å². The predicted octanol–water partition coefficient (Wildman–Crippen LogP) is 3.37.